The third-order valence-corrected chi connectivity index (χ3v) is 3.82. The molecule has 1 aromatic carbocycles. The SMILES string of the molecule is N#Cc1cccc2c1nc(CCCl)n2-c1ccsc1. The van der Waals surface area contributed by atoms with Gasteiger partial charge in [-0.1, -0.05) is 6.07 Å². The molecular weight excluding hydrogens is 278 g/mol. The molecule has 3 nitrogen and oxygen atoms in total. The minimum absolute atomic E-state index is 0.509. The van der Waals surface area contributed by atoms with E-state index in [1.54, 1.807) is 17.4 Å². The Balaban J connectivity index is 2.34. The molecule has 19 heavy (non-hydrogen) atoms. The van der Waals surface area contributed by atoms with Crippen molar-refractivity contribution in [1.29, 1.82) is 5.26 Å². The van der Waals surface area contributed by atoms with Crippen LogP contribution in [0.4, 0.5) is 0 Å². The van der Waals surface area contributed by atoms with Crippen LogP contribution in [-0.4, -0.2) is 15.4 Å². The Kier molecular flexibility index (Phi) is 3.24. The lowest BCUT2D eigenvalue weighted by atomic mass is 10.2. The molecule has 0 unspecified atom stereocenters. The molecule has 0 spiro atoms. The van der Waals surface area contributed by atoms with Crippen molar-refractivity contribution in [1.82, 2.24) is 9.55 Å². The molecule has 0 saturated heterocycles. The van der Waals surface area contributed by atoms with Gasteiger partial charge in [-0.2, -0.15) is 16.6 Å². The van der Waals surface area contributed by atoms with Crippen molar-refractivity contribution in [2.75, 3.05) is 5.88 Å². The van der Waals surface area contributed by atoms with Gasteiger partial charge < -0.3 is 0 Å². The van der Waals surface area contributed by atoms with Crippen LogP contribution in [-0.2, 0) is 6.42 Å². The molecule has 0 aliphatic carbocycles. The maximum atomic E-state index is 9.17. The number of imidazole rings is 1. The normalized spacial score (nSPS) is 10.7. The number of aryl methyl sites for hydroxylation is 1. The fourth-order valence-corrected chi connectivity index (χ4v) is 2.95. The summed E-state index contributed by atoms with van der Waals surface area (Å²) in [5, 5.41) is 13.3. The minimum Gasteiger partial charge on any atom is -0.295 e. The number of nitrogens with zero attached hydrogens (tertiary/aromatic N) is 3. The average Bonchev–Trinajstić information content (AvgIpc) is 3.04. The molecule has 0 aliphatic heterocycles. The molecule has 94 valence electrons. The summed E-state index contributed by atoms with van der Waals surface area (Å²) >= 11 is 7.49. The van der Waals surface area contributed by atoms with Gasteiger partial charge in [0.25, 0.3) is 0 Å². The van der Waals surface area contributed by atoms with E-state index in [0.717, 1.165) is 22.5 Å². The molecule has 0 N–H and O–H groups in total. The minimum atomic E-state index is 0.509. The van der Waals surface area contributed by atoms with E-state index in [2.05, 4.69) is 21.0 Å². The first-order valence-corrected chi connectivity index (χ1v) is 7.32. The van der Waals surface area contributed by atoms with E-state index in [9.17, 15) is 5.26 Å². The van der Waals surface area contributed by atoms with Gasteiger partial charge in [0, 0.05) is 17.7 Å². The van der Waals surface area contributed by atoms with Crippen molar-refractivity contribution in [3.63, 3.8) is 0 Å². The van der Waals surface area contributed by atoms with E-state index in [-0.39, 0.29) is 0 Å². The molecule has 0 amide bonds. The third-order valence-electron chi connectivity index (χ3n) is 2.96. The van der Waals surface area contributed by atoms with Gasteiger partial charge in [-0.3, -0.25) is 4.57 Å². The molecular formula is C14H10ClN3S. The Morgan fingerprint density at radius 2 is 2.26 bits per heavy atom. The van der Waals surface area contributed by atoms with Crippen LogP contribution < -0.4 is 0 Å². The summed E-state index contributed by atoms with van der Waals surface area (Å²) in [5.74, 6) is 1.40. The molecule has 0 bridgehead atoms. The van der Waals surface area contributed by atoms with Crippen LogP contribution in [0.25, 0.3) is 16.7 Å². The maximum absolute atomic E-state index is 9.17. The fraction of sp³-hybridized carbons (Fsp3) is 0.143. The van der Waals surface area contributed by atoms with Crippen molar-refractivity contribution in [2.45, 2.75) is 6.42 Å². The Labute approximate surface area is 119 Å². The monoisotopic (exact) mass is 287 g/mol. The predicted octanol–water partition coefficient (Wildman–Crippen LogP) is 3.74. The van der Waals surface area contributed by atoms with Crippen molar-refractivity contribution in [2.24, 2.45) is 0 Å². The van der Waals surface area contributed by atoms with Crippen LogP contribution >= 0.6 is 22.9 Å². The van der Waals surface area contributed by atoms with E-state index in [4.69, 9.17) is 11.6 Å². The van der Waals surface area contributed by atoms with E-state index < -0.39 is 0 Å². The lowest BCUT2D eigenvalue weighted by molar-refractivity contribution is 0.915. The number of thiophene rings is 1. The van der Waals surface area contributed by atoms with Crippen LogP contribution in [0.1, 0.15) is 11.4 Å². The lowest BCUT2D eigenvalue weighted by Crippen LogP contribution is -2.00. The van der Waals surface area contributed by atoms with E-state index >= 15 is 0 Å². The summed E-state index contributed by atoms with van der Waals surface area (Å²) in [5.41, 5.74) is 3.37. The number of hydrogen-bond donors (Lipinski definition) is 0. The molecule has 0 atom stereocenters. The Hall–Kier alpha value is -1.83. The molecule has 0 aliphatic rings. The molecule has 2 heterocycles. The predicted molar refractivity (Wildman–Crippen MR) is 78.1 cm³/mol. The number of fused-ring (bicyclic) bond motifs is 1. The topological polar surface area (TPSA) is 41.6 Å². The van der Waals surface area contributed by atoms with Crippen LogP contribution in [0.5, 0.6) is 0 Å². The van der Waals surface area contributed by atoms with E-state index in [0.29, 0.717) is 17.9 Å². The zero-order valence-electron chi connectivity index (χ0n) is 10.0. The molecule has 2 aromatic heterocycles. The second kappa shape index (κ2) is 5.04. The first-order valence-electron chi connectivity index (χ1n) is 5.84. The lowest BCUT2D eigenvalue weighted by Gasteiger charge is -2.05. The highest BCUT2D eigenvalue weighted by Gasteiger charge is 2.14. The van der Waals surface area contributed by atoms with Crippen molar-refractivity contribution in [3.05, 3.63) is 46.4 Å². The van der Waals surface area contributed by atoms with Crippen molar-refractivity contribution in [3.8, 4) is 11.8 Å². The number of nitriles is 1. The second-order valence-corrected chi connectivity index (χ2v) is 5.23. The Morgan fingerprint density at radius 3 is 2.95 bits per heavy atom. The average molecular weight is 288 g/mol. The van der Waals surface area contributed by atoms with Crippen molar-refractivity contribution >= 4 is 34.0 Å². The van der Waals surface area contributed by atoms with Gasteiger partial charge in [-0.25, -0.2) is 4.98 Å². The molecule has 0 fully saturated rings. The summed E-state index contributed by atoms with van der Waals surface area (Å²) in [6.45, 7) is 0. The van der Waals surface area contributed by atoms with Gasteiger partial charge in [0.2, 0.25) is 0 Å². The third kappa shape index (κ3) is 2.01. The number of benzene rings is 1. The zero-order valence-corrected chi connectivity index (χ0v) is 11.6. The first kappa shape index (κ1) is 12.2. The molecule has 0 radical (unpaired) electrons. The van der Waals surface area contributed by atoms with Gasteiger partial charge in [0.1, 0.15) is 17.4 Å². The molecule has 3 rings (SSSR count). The quantitative estimate of drug-likeness (QED) is 0.689. The smallest absolute Gasteiger partial charge is 0.115 e. The fourth-order valence-electron chi connectivity index (χ4n) is 2.16. The van der Waals surface area contributed by atoms with Crippen LogP contribution in [0.3, 0.4) is 0 Å². The standard InChI is InChI=1S/C14H10ClN3S/c15-6-4-13-17-14-10(8-16)2-1-3-12(14)18(13)11-5-7-19-9-11/h1-3,5,7,9H,4,6H2. The van der Waals surface area contributed by atoms with Gasteiger partial charge in [0.15, 0.2) is 0 Å². The van der Waals surface area contributed by atoms with Gasteiger partial charge in [-0.15, -0.1) is 11.6 Å². The summed E-state index contributed by atoms with van der Waals surface area (Å²) in [6.07, 6.45) is 0.678. The molecule has 3 aromatic rings. The number of hydrogen-bond acceptors (Lipinski definition) is 3. The van der Waals surface area contributed by atoms with Crippen molar-refractivity contribution < 1.29 is 0 Å². The highest BCUT2D eigenvalue weighted by Crippen LogP contribution is 2.25. The Bertz CT molecular complexity index is 753. The number of aromatic nitrogens is 2. The Morgan fingerprint density at radius 1 is 1.37 bits per heavy atom. The molecule has 5 heteroatoms. The highest BCUT2D eigenvalue weighted by molar-refractivity contribution is 7.08. The second-order valence-electron chi connectivity index (χ2n) is 4.07. The first-order chi connectivity index (χ1) is 9.35. The van der Waals surface area contributed by atoms with Gasteiger partial charge in [-0.05, 0) is 23.6 Å². The van der Waals surface area contributed by atoms with Crippen LogP contribution in [0, 0.1) is 11.3 Å². The number of halogens is 1. The summed E-state index contributed by atoms with van der Waals surface area (Å²) in [6, 6.07) is 9.89. The number of alkyl halides is 1. The largest absolute Gasteiger partial charge is 0.295 e. The number of para-hydroxylation sites is 1. The van der Waals surface area contributed by atoms with E-state index in [1.165, 1.54) is 0 Å². The van der Waals surface area contributed by atoms with E-state index in [1.807, 2.05) is 23.6 Å². The molecule has 0 saturated carbocycles. The van der Waals surface area contributed by atoms with Crippen LogP contribution in [0.15, 0.2) is 35.0 Å². The van der Waals surface area contributed by atoms with Crippen LogP contribution in [0.2, 0.25) is 0 Å². The van der Waals surface area contributed by atoms with Gasteiger partial charge >= 0.3 is 0 Å². The zero-order chi connectivity index (χ0) is 13.2. The van der Waals surface area contributed by atoms with Gasteiger partial charge in [0.05, 0.1) is 16.8 Å². The maximum Gasteiger partial charge on any atom is 0.115 e. The summed E-state index contributed by atoms with van der Waals surface area (Å²) in [4.78, 5) is 4.59. The summed E-state index contributed by atoms with van der Waals surface area (Å²) in [7, 11) is 0. The summed E-state index contributed by atoms with van der Waals surface area (Å²) < 4.78 is 2.08. The highest BCUT2D eigenvalue weighted by atomic mass is 35.5. The number of rotatable bonds is 3.